The molecular weight excluding hydrogens is 333 g/mol. The highest BCUT2D eigenvalue weighted by Gasteiger charge is 2.08. The maximum atomic E-state index is 13.0. The number of nitrogens with one attached hydrogen (secondary N) is 1. The van der Waals surface area contributed by atoms with Gasteiger partial charge in [0.2, 0.25) is 0 Å². The molecule has 0 aliphatic carbocycles. The van der Waals surface area contributed by atoms with Crippen LogP contribution in [0.4, 0.5) is 10.1 Å². The van der Waals surface area contributed by atoms with Gasteiger partial charge in [0.05, 0.1) is 11.1 Å². The Kier molecular flexibility index (Phi) is 4.80. The second kappa shape index (κ2) is 6.37. The molecule has 2 aromatic carbocycles. The van der Waals surface area contributed by atoms with Crippen molar-refractivity contribution in [2.75, 3.05) is 11.9 Å². The van der Waals surface area contributed by atoms with Crippen LogP contribution < -0.4 is 5.32 Å². The first-order chi connectivity index (χ1) is 9.06. The molecule has 0 saturated carbocycles. The van der Waals surface area contributed by atoms with E-state index in [2.05, 4.69) is 21.2 Å². The lowest BCUT2D eigenvalue weighted by atomic mass is 10.1. The number of aliphatic hydroxyl groups is 1. The van der Waals surface area contributed by atoms with E-state index in [0.29, 0.717) is 10.6 Å². The summed E-state index contributed by atoms with van der Waals surface area (Å²) < 4.78 is 13.8. The normalized spacial score (nSPS) is 12.2. The summed E-state index contributed by atoms with van der Waals surface area (Å²) in [6, 6.07) is 11.3. The molecule has 0 aliphatic heterocycles. The second-order valence-electron chi connectivity index (χ2n) is 4.08. The highest BCUT2D eigenvalue weighted by molar-refractivity contribution is 9.10. The van der Waals surface area contributed by atoms with E-state index in [0.717, 1.165) is 10.2 Å². The van der Waals surface area contributed by atoms with Crippen LogP contribution in [-0.2, 0) is 0 Å². The van der Waals surface area contributed by atoms with Crippen LogP contribution in [0, 0.1) is 5.82 Å². The quantitative estimate of drug-likeness (QED) is 0.862. The van der Waals surface area contributed by atoms with Crippen molar-refractivity contribution in [3.8, 4) is 0 Å². The molecule has 100 valence electrons. The Morgan fingerprint density at radius 1 is 1.26 bits per heavy atom. The van der Waals surface area contributed by atoms with Gasteiger partial charge in [-0.2, -0.15) is 0 Å². The molecule has 19 heavy (non-hydrogen) atoms. The summed E-state index contributed by atoms with van der Waals surface area (Å²) in [6.07, 6.45) is -0.780. The number of benzene rings is 2. The van der Waals surface area contributed by atoms with Crippen LogP contribution in [0.25, 0.3) is 0 Å². The Labute approximate surface area is 124 Å². The monoisotopic (exact) mass is 343 g/mol. The van der Waals surface area contributed by atoms with Gasteiger partial charge in [0.25, 0.3) is 0 Å². The summed E-state index contributed by atoms with van der Waals surface area (Å²) in [7, 11) is 0. The Morgan fingerprint density at radius 3 is 2.74 bits per heavy atom. The molecule has 5 heteroatoms. The van der Waals surface area contributed by atoms with Gasteiger partial charge in [-0.25, -0.2) is 4.39 Å². The molecular formula is C14H12BrClFNO. The fourth-order valence-corrected chi connectivity index (χ4v) is 2.08. The highest BCUT2D eigenvalue weighted by Crippen LogP contribution is 2.26. The van der Waals surface area contributed by atoms with Gasteiger partial charge in [-0.1, -0.05) is 23.7 Å². The third kappa shape index (κ3) is 3.93. The molecule has 2 N–H and O–H groups in total. The van der Waals surface area contributed by atoms with Crippen molar-refractivity contribution in [2.45, 2.75) is 6.10 Å². The number of anilines is 1. The Morgan fingerprint density at radius 2 is 2.05 bits per heavy atom. The largest absolute Gasteiger partial charge is 0.387 e. The zero-order valence-corrected chi connectivity index (χ0v) is 12.2. The van der Waals surface area contributed by atoms with Crippen LogP contribution in [0.5, 0.6) is 0 Å². The van der Waals surface area contributed by atoms with E-state index in [1.165, 1.54) is 12.1 Å². The maximum Gasteiger partial charge on any atom is 0.123 e. The molecule has 0 amide bonds. The lowest BCUT2D eigenvalue weighted by Gasteiger charge is -2.13. The van der Waals surface area contributed by atoms with Crippen LogP contribution in [0.15, 0.2) is 46.9 Å². The summed E-state index contributed by atoms with van der Waals surface area (Å²) in [6.45, 7) is 0.279. The van der Waals surface area contributed by atoms with Crippen molar-refractivity contribution in [3.05, 3.63) is 63.3 Å². The lowest BCUT2D eigenvalue weighted by molar-refractivity contribution is 0.191. The molecule has 2 nitrogen and oxygen atoms in total. The van der Waals surface area contributed by atoms with Gasteiger partial charge >= 0.3 is 0 Å². The van der Waals surface area contributed by atoms with Crippen LogP contribution in [-0.4, -0.2) is 11.7 Å². The van der Waals surface area contributed by atoms with Gasteiger partial charge < -0.3 is 10.4 Å². The first kappa shape index (κ1) is 14.3. The zero-order valence-electron chi connectivity index (χ0n) is 9.91. The third-order valence-corrected chi connectivity index (χ3v) is 3.89. The topological polar surface area (TPSA) is 32.3 Å². The van der Waals surface area contributed by atoms with E-state index in [1.807, 2.05) is 12.1 Å². The average molecular weight is 345 g/mol. The summed E-state index contributed by atoms with van der Waals surface area (Å²) in [5.74, 6) is -0.358. The Bertz CT molecular complexity index is 579. The van der Waals surface area contributed by atoms with E-state index in [9.17, 15) is 9.50 Å². The van der Waals surface area contributed by atoms with Crippen molar-refractivity contribution < 1.29 is 9.50 Å². The van der Waals surface area contributed by atoms with E-state index in [4.69, 9.17) is 11.6 Å². The molecule has 0 heterocycles. The number of rotatable bonds is 4. The highest BCUT2D eigenvalue weighted by atomic mass is 79.9. The average Bonchev–Trinajstić information content (AvgIpc) is 2.40. The molecule has 1 atom stereocenters. The molecule has 0 fully saturated rings. The fraction of sp³-hybridized carbons (Fsp3) is 0.143. The first-order valence-electron chi connectivity index (χ1n) is 5.69. The summed E-state index contributed by atoms with van der Waals surface area (Å²) in [5.41, 5.74) is 1.33. The molecule has 2 aromatic rings. The number of hydrogen-bond donors (Lipinski definition) is 2. The van der Waals surface area contributed by atoms with Crippen molar-refractivity contribution in [3.63, 3.8) is 0 Å². The summed E-state index contributed by atoms with van der Waals surface area (Å²) in [4.78, 5) is 0. The van der Waals surface area contributed by atoms with Crippen molar-refractivity contribution in [1.29, 1.82) is 0 Å². The van der Waals surface area contributed by atoms with Crippen LogP contribution >= 0.6 is 27.5 Å². The van der Waals surface area contributed by atoms with Gasteiger partial charge in [-0.05, 0) is 51.8 Å². The smallest absolute Gasteiger partial charge is 0.123 e. The number of hydrogen-bond acceptors (Lipinski definition) is 2. The summed E-state index contributed by atoms with van der Waals surface area (Å²) >= 11 is 9.27. The molecule has 1 unspecified atom stereocenters. The summed E-state index contributed by atoms with van der Waals surface area (Å²) in [5, 5.41) is 13.6. The number of aliphatic hydroxyl groups excluding tert-OH is 1. The Balaban J connectivity index is 2.00. The van der Waals surface area contributed by atoms with Gasteiger partial charge in [-0.3, -0.25) is 0 Å². The predicted molar refractivity (Wildman–Crippen MR) is 79.0 cm³/mol. The van der Waals surface area contributed by atoms with Gasteiger partial charge in [0.15, 0.2) is 0 Å². The molecule has 0 aromatic heterocycles. The van der Waals surface area contributed by atoms with Gasteiger partial charge in [0, 0.05) is 16.7 Å². The lowest BCUT2D eigenvalue weighted by Crippen LogP contribution is -2.12. The van der Waals surface area contributed by atoms with E-state index >= 15 is 0 Å². The van der Waals surface area contributed by atoms with Crippen LogP contribution in [0.1, 0.15) is 11.7 Å². The van der Waals surface area contributed by atoms with E-state index in [1.54, 1.807) is 18.2 Å². The van der Waals surface area contributed by atoms with Gasteiger partial charge in [-0.15, -0.1) is 0 Å². The van der Waals surface area contributed by atoms with Gasteiger partial charge in [0.1, 0.15) is 5.82 Å². The van der Waals surface area contributed by atoms with E-state index < -0.39 is 6.10 Å². The first-order valence-corrected chi connectivity index (χ1v) is 6.86. The van der Waals surface area contributed by atoms with Crippen LogP contribution in [0.3, 0.4) is 0 Å². The molecule has 0 radical (unpaired) electrons. The minimum Gasteiger partial charge on any atom is -0.387 e. The predicted octanol–water partition coefficient (Wildman–Crippen LogP) is 4.39. The van der Waals surface area contributed by atoms with Crippen LogP contribution in [0.2, 0.25) is 5.02 Å². The molecule has 2 rings (SSSR count). The molecule has 0 aliphatic rings. The third-order valence-electron chi connectivity index (χ3n) is 2.65. The standard InChI is InChI=1S/C14H12BrClFNO/c15-12-5-4-11(7-13(12)16)18-8-14(19)9-2-1-3-10(17)6-9/h1-7,14,18-19H,8H2. The van der Waals surface area contributed by atoms with Crippen molar-refractivity contribution >= 4 is 33.2 Å². The Hall–Kier alpha value is -1.10. The number of halogens is 3. The maximum absolute atomic E-state index is 13.0. The molecule has 0 bridgehead atoms. The minimum absolute atomic E-state index is 0.279. The molecule has 0 spiro atoms. The fourth-order valence-electron chi connectivity index (χ4n) is 1.65. The second-order valence-corrected chi connectivity index (χ2v) is 5.34. The van der Waals surface area contributed by atoms with E-state index in [-0.39, 0.29) is 12.4 Å². The zero-order chi connectivity index (χ0) is 13.8. The van der Waals surface area contributed by atoms with Crippen molar-refractivity contribution in [1.82, 2.24) is 0 Å². The molecule has 0 saturated heterocycles. The SMILES string of the molecule is OC(CNc1ccc(Br)c(Cl)c1)c1cccc(F)c1. The van der Waals surface area contributed by atoms with Crippen molar-refractivity contribution in [2.24, 2.45) is 0 Å². The minimum atomic E-state index is -0.780.